The zero-order chi connectivity index (χ0) is 57.6. The number of carbonyl (C=O) groups excluding carboxylic acids is 1. The van der Waals surface area contributed by atoms with Crippen molar-refractivity contribution in [3.63, 3.8) is 0 Å². The van der Waals surface area contributed by atoms with Crippen LogP contribution in [0.2, 0.25) is 0 Å². The SMILES string of the molecule is CCCCCC/C=C\C/C=C\CCCCCCCCCC(=O)NC(COC1OC(CO)C(OC2OC(CO)C(OC3OC(CO)C(O)C(O)C3O)C(O)C2O)C(O)C1O)C(O)/C=C/CCCCCCCCCCCCCCCC. The van der Waals surface area contributed by atoms with E-state index in [9.17, 15) is 61.0 Å². The molecule has 3 saturated heterocycles. The van der Waals surface area contributed by atoms with E-state index in [1.54, 1.807) is 6.08 Å². The molecule has 3 aliphatic rings. The third-order valence-electron chi connectivity index (χ3n) is 15.4. The average molecular weight is 1130 g/mol. The number of carbonyl (C=O) groups is 1. The van der Waals surface area contributed by atoms with Crippen LogP contribution in [0.15, 0.2) is 36.5 Å². The van der Waals surface area contributed by atoms with Gasteiger partial charge in [-0.2, -0.15) is 0 Å². The number of allylic oxidation sites excluding steroid dienone is 5. The summed E-state index contributed by atoms with van der Waals surface area (Å²) in [4.78, 5) is 13.3. The fourth-order valence-electron chi connectivity index (χ4n) is 10.3. The van der Waals surface area contributed by atoms with Crippen molar-refractivity contribution >= 4 is 5.91 Å². The maximum Gasteiger partial charge on any atom is 0.220 e. The van der Waals surface area contributed by atoms with Gasteiger partial charge in [0, 0.05) is 6.42 Å². The Morgan fingerprint density at radius 2 is 0.835 bits per heavy atom. The van der Waals surface area contributed by atoms with Crippen LogP contribution >= 0.6 is 0 Å². The van der Waals surface area contributed by atoms with Crippen LogP contribution in [0.25, 0.3) is 0 Å². The maximum absolute atomic E-state index is 13.3. The molecule has 3 aliphatic heterocycles. The number of rotatable bonds is 45. The van der Waals surface area contributed by atoms with Gasteiger partial charge in [-0.1, -0.05) is 185 Å². The summed E-state index contributed by atoms with van der Waals surface area (Å²) in [6.07, 6.45) is 19.7. The summed E-state index contributed by atoms with van der Waals surface area (Å²) in [5.41, 5.74) is 0. The van der Waals surface area contributed by atoms with Crippen LogP contribution in [0.3, 0.4) is 0 Å². The topological polar surface area (TPSA) is 307 Å². The summed E-state index contributed by atoms with van der Waals surface area (Å²) in [5.74, 6) is -0.284. The first kappa shape index (κ1) is 71.3. The average Bonchev–Trinajstić information content (AvgIpc) is 3.47. The fourth-order valence-corrected chi connectivity index (χ4v) is 10.3. The number of nitrogens with one attached hydrogen (secondary N) is 1. The van der Waals surface area contributed by atoms with Gasteiger partial charge in [-0.15, -0.1) is 0 Å². The monoisotopic (exact) mass is 1130 g/mol. The van der Waals surface area contributed by atoms with Crippen LogP contribution in [0.4, 0.5) is 0 Å². The van der Waals surface area contributed by atoms with Gasteiger partial charge in [0.05, 0.1) is 38.6 Å². The highest BCUT2D eigenvalue weighted by Gasteiger charge is 2.53. The van der Waals surface area contributed by atoms with Gasteiger partial charge in [0.1, 0.15) is 73.2 Å². The van der Waals surface area contributed by atoms with Crippen molar-refractivity contribution < 1.29 is 89.4 Å². The minimum Gasteiger partial charge on any atom is -0.394 e. The van der Waals surface area contributed by atoms with Gasteiger partial charge < -0.3 is 89.9 Å². The summed E-state index contributed by atoms with van der Waals surface area (Å²) in [5, 5.41) is 120. The number of hydrogen-bond donors (Lipinski definition) is 12. The fraction of sp³-hybridized carbons (Fsp3) is 0.883. The van der Waals surface area contributed by atoms with Crippen molar-refractivity contribution in [3.05, 3.63) is 36.5 Å². The normalized spacial score (nSPS) is 30.5. The van der Waals surface area contributed by atoms with Crippen LogP contribution in [-0.4, -0.2) is 193 Å². The summed E-state index contributed by atoms with van der Waals surface area (Å²) in [6, 6.07) is -0.976. The van der Waals surface area contributed by atoms with E-state index in [2.05, 4.69) is 43.5 Å². The molecule has 0 aromatic heterocycles. The zero-order valence-electron chi connectivity index (χ0n) is 48.1. The standard InChI is InChI=1S/C60H109NO18/c1-3-5-7-9-11-13-15-17-19-21-22-24-26-28-30-32-34-36-38-48(66)61-43(44(65)37-35-33-31-29-27-25-23-20-18-16-14-12-10-8-6-4-2)42-74-58-54(72)51(69)56(46(40-63)76-58)79-60-55(73)52(70)57(47(41-64)77-60)78-59-53(71)50(68)49(67)45(39-62)75-59/h13,15,19,21,35,37,43-47,49-60,62-65,67-73H,3-12,14,16-18,20,22-34,36,38-42H2,1-2H3,(H,61,66)/b15-13-,21-19-,37-35+. The van der Waals surface area contributed by atoms with Crippen molar-refractivity contribution in [1.29, 1.82) is 0 Å². The van der Waals surface area contributed by atoms with E-state index in [1.807, 2.05) is 6.08 Å². The number of amides is 1. The van der Waals surface area contributed by atoms with E-state index in [0.29, 0.717) is 6.42 Å². The molecule has 79 heavy (non-hydrogen) atoms. The molecule has 12 N–H and O–H groups in total. The molecule has 0 aromatic rings. The van der Waals surface area contributed by atoms with Gasteiger partial charge in [0.15, 0.2) is 18.9 Å². The minimum absolute atomic E-state index is 0.235. The molecule has 0 aliphatic carbocycles. The quantitative estimate of drug-likeness (QED) is 0.0257. The molecule has 462 valence electrons. The molecule has 17 atom stereocenters. The van der Waals surface area contributed by atoms with Crippen LogP contribution in [0, 0.1) is 0 Å². The lowest BCUT2D eigenvalue weighted by atomic mass is 9.96. The molecule has 1 amide bonds. The van der Waals surface area contributed by atoms with Gasteiger partial charge in [-0.05, 0) is 51.4 Å². The summed E-state index contributed by atoms with van der Waals surface area (Å²) >= 11 is 0. The van der Waals surface area contributed by atoms with Crippen LogP contribution in [-0.2, 0) is 33.2 Å². The maximum atomic E-state index is 13.3. The van der Waals surface area contributed by atoms with E-state index in [1.165, 1.54) is 96.3 Å². The minimum atomic E-state index is -1.98. The summed E-state index contributed by atoms with van der Waals surface area (Å²) in [7, 11) is 0. The number of aliphatic hydroxyl groups excluding tert-OH is 11. The largest absolute Gasteiger partial charge is 0.394 e. The molecule has 17 unspecified atom stereocenters. The predicted molar refractivity (Wildman–Crippen MR) is 300 cm³/mol. The Hall–Kier alpha value is -1.99. The van der Waals surface area contributed by atoms with Gasteiger partial charge >= 0.3 is 0 Å². The molecule has 0 aromatic carbocycles. The lowest BCUT2D eigenvalue weighted by molar-refractivity contribution is -0.379. The Morgan fingerprint density at radius 3 is 1.30 bits per heavy atom. The van der Waals surface area contributed by atoms with E-state index in [-0.39, 0.29) is 18.9 Å². The molecule has 0 saturated carbocycles. The van der Waals surface area contributed by atoms with E-state index in [4.69, 9.17) is 28.4 Å². The van der Waals surface area contributed by atoms with Gasteiger partial charge in [-0.25, -0.2) is 0 Å². The van der Waals surface area contributed by atoms with Crippen molar-refractivity contribution in [2.24, 2.45) is 0 Å². The Labute approximate surface area is 472 Å². The van der Waals surface area contributed by atoms with Gasteiger partial charge in [-0.3, -0.25) is 4.79 Å². The lowest BCUT2D eigenvalue weighted by Gasteiger charge is -2.48. The Kier molecular flexibility index (Phi) is 39.4. The highest BCUT2D eigenvalue weighted by atomic mass is 16.8. The highest BCUT2D eigenvalue weighted by molar-refractivity contribution is 5.76. The molecule has 3 rings (SSSR count). The summed E-state index contributed by atoms with van der Waals surface area (Å²) in [6.45, 7) is 1.70. The second-order valence-corrected chi connectivity index (χ2v) is 22.2. The molecule has 3 fully saturated rings. The molecule has 0 radical (unpaired) electrons. The molecule has 0 bridgehead atoms. The third kappa shape index (κ3) is 27.5. The Balaban J connectivity index is 1.51. The molecule has 3 heterocycles. The van der Waals surface area contributed by atoms with Crippen molar-refractivity contribution in [3.8, 4) is 0 Å². The second-order valence-electron chi connectivity index (χ2n) is 22.2. The smallest absolute Gasteiger partial charge is 0.220 e. The second kappa shape index (κ2) is 43.6. The number of hydrogen-bond acceptors (Lipinski definition) is 18. The molecule has 0 spiro atoms. The predicted octanol–water partition coefficient (Wildman–Crippen LogP) is 5.71. The number of ether oxygens (including phenoxy) is 6. The van der Waals surface area contributed by atoms with E-state index < -0.39 is 124 Å². The lowest BCUT2D eigenvalue weighted by Crippen LogP contribution is -2.66. The highest BCUT2D eigenvalue weighted by Crippen LogP contribution is 2.33. The van der Waals surface area contributed by atoms with Gasteiger partial charge in [0.2, 0.25) is 5.91 Å². The first-order valence-electron chi connectivity index (χ1n) is 30.7. The Morgan fingerprint density at radius 1 is 0.456 bits per heavy atom. The van der Waals surface area contributed by atoms with Crippen molar-refractivity contribution in [2.45, 2.75) is 311 Å². The van der Waals surface area contributed by atoms with Gasteiger partial charge in [0.25, 0.3) is 0 Å². The van der Waals surface area contributed by atoms with E-state index >= 15 is 0 Å². The van der Waals surface area contributed by atoms with Crippen LogP contribution in [0.1, 0.15) is 206 Å². The molecular weight excluding hydrogens is 1020 g/mol. The number of unbranched alkanes of at least 4 members (excludes halogenated alkanes) is 25. The first-order valence-corrected chi connectivity index (χ1v) is 30.7. The zero-order valence-corrected chi connectivity index (χ0v) is 48.1. The van der Waals surface area contributed by atoms with Crippen LogP contribution in [0.5, 0.6) is 0 Å². The third-order valence-corrected chi connectivity index (χ3v) is 15.4. The van der Waals surface area contributed by atoms with Crippen molar-refractivity contribution in [2.75, 3.05) is 26.4 Å². The summed E-state index contributed by atoms with van der Waals surface area (Å²) < 4.78 is 34.2. The first-order chi connectivity index (χ1) is 38.3. The molecular formula is C60H109NO18. The Bertz CT molecular complexity index is 1590. The molecule has 19 nitrogen and oxygen atoms in total. The van der Waals surface area contributed by atoms with Crippen molar-refractivity contribution in [1.82, 2.24) is 5.32 Å². The van der Waals surface area contributed by atoms with Crippen LogP contribution < -0.4 is 5.32 Å². The molecule has 19 heteroatoms. The van der Waals surface area contributed by atoms with E-state index in [0.717, 1.165) is 83.5 Å². The number of aliphatic hydroxyl groups is 11.